The molecule has 2 saturated carbocycles. The lowest BCUT2D eigenvalue weighted by Gasteiger charge is -2.36. The van der Waals surface area contributed by atoms with E-state index >= 15 is 0 Å². The largest absolute Gasteiger partial charge is 0.335 e. The number of imide groups is 1. The Kier molecular flexibility index (Phi) is 9.99. The van der Waals surface area contributed by atoms with Crippen molar-refractivity contribution in [2.45, 2.75) is 87.5 Å². The van der Waals surface area contributed by atoms with E-state index in [1.165, 1.54) is 29.5 Å². The van der Waals surface area contributed by atoms with Gasteiger partial charge >= 0.3 is 6.03 Å². The molecule has 0 atom stereocenters. The van der Waals surface area contributed by atoms with E-state index in [9.17, 15) is 9.59 Å². The van der Waals surface area contributed by atoms with Crippen LogP contribution in [-0.2, 0) is 9.54 Å². The van der Waals surface area contributed by atoms with E-state index in [-0.39, 0.29) is 24.0 Å². The third-order valence-corrected chi connectivity index (χ3v) is 10.1. The predicted molar refractivity (Wildman–Crippen MR) is 165 cm³/mol. The Morgan fingerprint density at radius 2 is 1.12 bits per heavy atom. The Morgan fingerprint density at radius 1 is 0.675 bits per heavy atom. The second-order valence-corrected chi connectivity index (χ2v) is 12.5. The van der Waals surface area contributed by atoms with Crippen LogP contribution in [-0.4, -0.2) is 34.7 Å². The van der Waals surface area contributed by atoms with Crippen molar-refractivity contribution in [3.8, 4) is 0 Å². The van der Waals surface area contributed by atoms with Gasteiger partial charge in [-0.2, -0.15) is 0 Å². The zero-order valence-corrected chi connectivity index (χ0v) is 24.3. The first-order valence-corrected chi connectivity index (χ1v) is 16.1. The average molecular weight is 555 g/mol. The summed E-state index contributed by atoms with van der Waals surface area (Å²) in [5, 5.41) is 3.24. The highest BCUT2D eigenvalue weighted by molar-refractivity contribution is 8.00. The van der Waals surface area contributed by atoms with Gasteiger partial charge in [-0.05, 0) is 42.4 Å². The number of carbonyl (C=O) groups excluding carboxylic acids is 2. The molecule has 0 radical (unpaired) electrons. The van der Waals surface area contributed by atoms with Gasteiger partial charge in [0.25, 0.3) is 0 Å². The molecule has 0 aromatic heterocycles. The average Bonchev–Trinajstić information content (AvgIpc) is 3.02. The molecule has 2 aliphatic rings. The molecule has 5 heteroatoms. The monoisotopic (exact) mass is 554 g/mol. The molecule has 3 aromatic rings. The Labute approximate surface area is 243 Å². The molecule has 40 heavy (non-hydrogen) atoms. The zero-order chi connectivity index (χ0) is 27.6. The summed E-state index contributed by atoms with van der Waals surface area (Å²) in [6.07, 6.45) is 11.1. The second kappa shape index (κ2) is 14.0. The molecule has 3 amide bonds. The molecule has 0 unspecified atom stereocenters. The van der Waals surface area contributed by atoms with Crippen molar-refractivity contribution >= 4 is 23.7 Å². The van der Waals surface area contributed by atoms with Gasteiger partial charge in [-0.3, -0.25) is 9.69 Å². The predicted octanol–water partition coefficient (Wildman–Crippen LogP) is 8.31. The lowest BCUT2D eigenvalue weighted by atomic mass is 9.84. The lowest BCUT2D eigenvalue weighted by molar-refractivity contribution is -0.130. The molecule has 210 valence electrons. The van der Waals surface area contributed by atoms with Gasteiger partial charge in [-0.1, -0.05) is 130 Å². The van der Waals surface area contributed by atoms with Gasteiger partial charge in [0.15, 0.2) is 0 Å². The Bertz CT molecular complexity index is 1110. The van der Waals surface area contributed by atoms with Crippen LogP contribution < -0.4 is 5.32 Å². The summed E-state index contributed by atoms with van der Waals surface area (Å²) in [6.45, 7) is 0. The van der Waals surface area contributed by atoms with E-state index in [1.807, 2.05) is 18.2 Å². The summed E-state index contributed by atoms with van der Waals surface area (Å²) in [4.78, 5) is 29.1. The maximum atomic E-state index is 13.9. The fourth-order valence-electron chi connectivity index (χ4n) is 6.49. The van der Waals surface area contributed by atoms with Crippen LogP contribution in [0.5, 0.6) is 0 Å². The highest BCUT2D eigenvalue weighted by atomic mass is 32.2. The van der Waals surface area contributed by atoms with Crippen molar-refractivity contribution in [3.63, 3.8) is 0 Å². The van der Waals surface area contributed by atoms with E-state index in [4.69, 9.17) is 0 Å². The van der Waals surface area contributed by atoms with Crippen LogP contribution in [0.4, 0.5) is 4.79 Å². The van der Waals surface area contributed by atoms with Gasteiger partial charge < -0.3 is 5.32 Å². The molecule has 0 heterocycles. The number of rotatable bonds is 9. The number of nitrogens with one attached hydrogen (secondary N) is 1. The molecule has 0 saturated heterocycles. The van der Waals surface area contributed by atoms with Crippen LogP contribution in [0.15, 0.2) is 91.0 Å². The van der Waals surface area contributed by atoms with Crippen molar-refractivity contribution < 1.29 is 9.59 Å². The van der Waals surface area contributed by atoms with Gasteiger partial charge in [0.1, 0.15) is 0 Å². The molecule has 1 N–H and O–H groups in total. The van der Waals surface area contributed by atoms with Crippen molar-refractivity contribution in [2.75, 3.05) is 5.75 Å². The fraction of sp³-hybridized carbons (Fsp3) is 0.429. The molecule has 5 rings (SSSR count). The topological polar surface area (TPSA) is 49.4 Å². The van der Waals surface area contributed by atoms with E-state index in [1.54, 1.807) is 16.7 Å². The molecule has 4 nitrogen and oxygen atoms in total. The number of carbonyl (C=O) groups is 2. The summed E-state index contributed by atoms with van der Waals surface area (Å²) >= 11 is 1.79. The van der Waals surface area contributed by atoms with Gasteiger partial charge in [-0.15, -0.1) is 11.8 Å². The minimum atomic E-state index is -0.468. The Balaban J connectivity index is 1.39. The van der Waals surface area contributed by atoms with Crippen LogP contribution in [0.1, 0.15) is 87.3 Å². The van der Waals surface area contributed by atoms with Crippen LogP contribution in [0.2, 0.25) is 0 Å². The minimum absolute atomic E-state index is 0.0111. The molecular formula is C35H42N2O2S. The number of urea groups is 1. The van der Waals surface area contributed by atoms with E-state index < -0.39 is 4.75 Å². The van der Waals surface area contributed by atoms with Crippen molar-refractivity contribution in [2.24, 2.45) is 0 Å². The second-order valence-electron chi connectivity index (χ2n) is 11.2. The summed E-state index contributed by atoms with van der Waals surface area (Å²) in [5.74, 6) is 0.563. The van der Waals surface area contributed by atoms with E-state index in [2.05, 4.69) is 78.1 Å². The van der Waals surface area contributed by atoms with Crippen molar-refractivity contribution in [3.05, 3.63) is 108 Å². The number of hydrogen-bond donors (Lipinski definition) is 1. The molecule has 3 aromatic carbocycles. The van der Waals surface area contributed by atoms with Crippen molar-refractivity contribution in [1.82, 2.24) is 10.2 Å². The lowest BCUT2D eigenvalue weighted by Crippen LogP contribution is -2.53. The highest BCUT2D eigenvalue weighted by Gasteiger charge is 2.38. The molecular weight excluding hydrogens is 512 g/mol. The van der Waals surface area contributed by atoms with Crippen LogP contribution >= 0.6 is 11.8 Å². The normalized spacial score (nSPS) is 16.8. The summed E-state index contributed by atoms with van der Waals surface area (Å²) in [6, 6.07) is 31.8. The number of thioether (sulfide) groups is 1. The molecule has 2 aliphatic carbocycles. The first kappa shape index (κ1) is 28.5. The van der Waals surface area contributed by atoms with Gasteiger partial charge in [0.2, 0.25) is 5.91 Å². The standard InChI is InChI=1S/C35H42N2O2S/c38-33(37(32-24-14-5-15-25-32)34(39)36-31-22-12-4-13-23-31)26-27-40-35(28-16-6-1-7-17-28,29-18-8-2-9-19-29)30-20-10-3-11-21-30/h1-3,6-11,16-21,31-32H,4-5,12-15,22-27H2,(H,36,39). The third-order valence-electron chi connectivity index (χ3n) is 8.54. The number of hydrogen-bond acceptors (Lipinski definition) is 3. The third kappa shape index (κ3) is 6.63. The fourth-order valence-corrected chi connectivity index (χ4v) is 7.98. The first-order chi connectivity index (χ1) is 19.7. The Morgan fingerprint density at radius 3 is 1.60 bits per heavy atom. The molecule has 0 bridgehead atoms. The molecule has 0 spiro atoms. The SMILES string of the molecule is O=C(CCSC(c1ccccc1)(c1ccccc1)c1ccccc1)N(C(=O)NC1CCCCC1)C1CCCCC1. The maximum absolute atomic E-state index is 13.9. The van der Waals surface area contributed by atoms with E-state index in [0.717, 1.165) is 51.4 Å². The van der Waals surface area contributed by atoms with Gasteiger partial charge in [-0.25, -0.2) is 4.79 Å². The minimum Gasteiger partial charge on any atom is -0.335 e. The zero-order valence-electron chi connectivity index (χ0n) is 23.5. The summed E-state index contributed by atoms with van der Waals surface area (Å²) < 4.78 is -0.468. The van der Waals surface area contributed by atoms with E-state index in [0.29, 0.717) is 12.2 Å². The Hall–Kier alpha value is -3.05. The first-order valence-electron chi connectivity index (χ1n) is 15.1. The molecule has 2 fully saturated rings. The smallest absolute Gasteiger partial charge is 0.324 e. The summed E-state index contributed by atoms with van der Waals surface area (Å²) in [7, 11) is 0. The van der Waals surface area contributed by atoms with Crippen LogP contribution in [0.25, 0.3) is 0 Å². The number of amides is 3. The quantitative estimate of drug-likeness (QED) is 0.271. The van der Waals surface area contributed by atoms with Crippen LogP contribution in [0, 0.1) is 0 Å². The highest BCUT2D eigenvalue weighted by Crippen LogP contribution is 2.48. The summed E-state index contributed by atoms with van der Waals surface area (Å²) in [5.41, 5.74) is 3.55. The van der Waals surface area contributed by atoms with Gasteiger partial charge in [0, 0.05) is 24.3 Å². The molecule has 0 aliphatic heterocycles. The van der Waals surface area contributed by atoms with Crippen molar-refractivity contribution in [1.29, 1.82) is 0 Å². The van der Waals surface area contributed by atoms with Gasteiger partial charge in [0.05, 0.1) is 4.75 Å². The van der Waals surface area contributed by atoms with Crippen LogP contribution in [0.3, 0.4) is 0 Å². The number of benzene rings is 3. The maximum Gasteiger partial charge on any atom is 0.324 e. The number of nitrogens with zero attached hydrogens (tertiary/aromatic N) is 1.